The van der Waals surface area contributed by atoms with Gasteiger partial charge in [-0.15, -0.1) is 6.42 Å². The van der Waals surface area contributed by atoms with Crippen LogP contribution >= 0.6 is 0 Å². The van der Waals surface area contributed by atoms with Crippen LogP contribution in [-0.2, 0) is 37.3 Å². The maximum atomic E-state index is 16.1. The Labute approximate surface area is 478 Å². The number of halogens is 2. The first kappa shape index (κ1) is 59.9. The number of aromatic nitrogens is 5. The molecule has 18 nitrogen and oxygen atoms in total. The van der Waals surface area contributed by atoms with Crippen molar-refractivity contribution in [2.75, 3.05) is 98.8 Å². The van der Waals surface area contributed by atoms with Gasteiger partial charge in [-0.05, 0) is 114 Å². The van der Waals surface area contributed by atoms with E-state index in [1.165, 1.54) is 45.4 Å². The Morgan fingerprint density at radius 3 is 2.49 bits per heavy atom. The number of nitrogens with one attached hydrogen (secondary N) is 2. The van der Waals surface area contributed by atoms with Gasteiger partial charge in [-0.3, -0.25) is 28.7 Å². The third kappa shape index (κ3) is 12.6. The first-order valence-corrected chi connectivity index (χ1v) is 28.9. The van der Waals surface area contributed by atoms with Gasteiger partial charge in [-0.25, -0.2) is 13.6 Å². The van der Waals surface area contributed by atoms with Crippen molar-refractivity contribution in [3.05, 3.63) is 88.0 Å². The van der Waals surface area contributed by atoms with E-state index in [0.717, 1.165) is 133 Å². The van der Waals surface area contributed by atoms with E-state index in [1.54, 1.807) is 53.7 Å². The molecule has 9 heterocycles. The number of benzene rings is 3. The number of likely N-dealkylation sites (N-methyl/N-ethyl adjacent to an activating group) is 1. The SMILES string of the molecule is C#Cc1c(F)ccc2cccc(-c3ncc4c(N5CC6CCC(C5)N6)nc(OC)nc4c3F)c12.C=O.CNC(=O)C(CCC=O)n1c(=O)n(C)c2c(CCCN3CCOC4(CCN(C)CC4)C3)cccc21.COCC1CCC2CCCN21. The Bertz CT molecular complexity index is 3310. The fraction of sp³-hybridized carbons (Fsp3) is 0.532. The molecule has 6 saturated heterocycles. The van der Waals surface area contributed by atoms with Crippen LogP contribution in [0.4, 0.5) is 14.6 Å². The standard InChI is InChI=1S/C26H21F2N5O.C26H39N5O4.C9H17NO.CH2O/c1-3-17-20(27)10-7-14-5-4-6-18(21(14)17)23-22(28)24-19(11-29-23)25(32-26(31-24)34-2)33-12-15-8-9-16(13-33)30-15;1-27-24(33)22(10-6-17-32)31-21-9-4-7-20(23(21)29(3)25(31)34)8-5-13-30-16-18-35-26(19-30)11-14-28(2)15-12-26;1-11-7-9-5-4-8-3-2-6-10(8)9;1-2/h1,4-7,10-11,15-16,30H,8-9,12-13H2,2H3;4,7,9,17,22H,5-6,8,10-16,18-19H2,1-3H3,(H,27,33);8-9H,2-7H2,1H3;1H2. The number of carbonyl (C=O) groups excluding carboxylic acids is 3. The number of piperidine rings is 1. The predicted molar refractivity (Wildman–Crippen MR) is 314 cm³/mol. The highest BCUT2D eigenvalue weighted by atomic mass is 19.1. The summed E-state index contributed by atoms with van der Waals surface area (Å²) >= 11 is 0. The molecule has 12 rings (SSSR count). The number of amides is 1. The number of rotatable bonds is 14. The molecule has 5 unspecified atom stereocenters. The van der Waals surface area contributed by atoms with Gasteiger partial charge in [-0.1, -0.05) is 42.3 Å². The van der Waals surface area contributed by atoms with Crippen molar-refractivity contribution in [3.63, 3.8) is 0 Å². The number of nitrogens with zero attached hydrogens (tertiary/aromatic N) is 9. The summed E-state index contributed by atoms with van der Waals surface area (Å²) in [4.78, 5) is 67.8. The molecule has 1 spiro atoms. The number of pyridine rings is 1. The molecule has 1 amide bonds. The molecule has 2 N–H and O–H groups in total. The maximum absolute atomic E-state index is 16.1. The number of carbonyl (C=O) groups is 3. The molecular weight excluding hydrogens is 1050 g/mol. The van der Waals surface area contributed by atoms with Crippen LogP contribution in [0.25, 0.3) is 44.0 Å². The van der Waals surface area contributed by atoms with Gasteiger partial charge in [0.1, 0.15) is 42.0 Å². The molecule has 438 valence electrons. The summed E-state index contributed by atoms with van der Waals surface area (Å²) in [6.45, 7) is 11.7. The first-order chi connectivity index (χ1) is 39.9. The minimum Gasteiger partial charge on any atom is -0.467 e. The normalized spacial score (nSPS) is 21.7. The van der Waals surface area contributed by atoms with Crippen molar-refractivity contribution < 1.29 is 37.4 Å². The zero-order chi connectivity index (χ0) is 58.1. The van der Waals surface area contributed by atoms with Crippen LogP contribution in [0.15, 0.2) is 59.5 Å². The van der Waals surface area contributed by atoms with Crippen molar-refractivity contribution in [3.8, 4) is 29.6 Å². The second-order valence-electron chi connectivity index (χ2n) is 22.5. The Kier molecular flexibility index (Phi) is 19.8. The number of methoxy groups -OCH3 is 2. The Morgan fingerprint density at radius 2 is 1.77 bits per heavy atom. The van der Waals surface area contributed by atoms with E-state index in [9.17, 15) is 18.8 Å². The number of aryl methyl sites for hydroxylation is 2. The fourth-order valence-corrected chi connectivity index (χ4v) is 13.5. The predicted octanol–water partition coefficient (Wildman–Crippen LogP) is 6.46. The number of likely N-dealkylation sites (tertiary alicyclic amines) is 1. The van der Waals surface area contributed by atoms with Gasteiger partial charge in [0.05, 0.1) is 47.9 Å². The zero-order valence-electron chi connectivity index (χ0n) is 48.1. The van der Waals surface area contributed by atoms with Crippen LogP contribution < -0.4 is 26.0 Å². The van der Waals surface area contributed by atoms with Crippen molar-refractivity contribution in [1.82, 2.24) is 49.4 Å². The molecule has 2 bridgehead atoms. The van der Waals surface area contributed by atoms with Crippen LogP contribution in [0.3, 0.4) is 0 Å². The largest absolute Gasteiger partial charge is 0.467 e. The van der Waals surface area contributed by atoms with E-state index in [4.69, 9.17) is 25.4 Å². The third-order valence-corrected chi connectivity index (χ3v) is 17.6. The van der Waals surface area contributed by atoms with Crippen LogP contribution in [0.2, 0.25) is 0 Å². The lowest BCUT2D eigenvalue weighted by Crippen LogP contribution is -2.56. The summed E-state index contributed by atoms with van der Waals surface area (Å²) < 4.78 is 50.5. The van der Waals surface area contributed by atoms with Gasteiger partial charge >= 0.3 is 11.7 Å². The molecule has 3 aromatic carbocycles. The minimum absolute atomic E-state index is 0.00226. The summed E-state index contributed by atoms with van der Waals surface area (Å²) in [5, 5.41) is 7.88. The molecule has 6 aliphatic heterocycles. The molecule has 0 saturated carbocycles. The average molecular weight is 1130 g/mol. The molecule has 6 fully saturated rings. The monoisotopic (exact) mass is 1130 g/mol. The molecular formula is C62H79F2N11O7. The minimum atomic E-state index is -0.712. The molecule has 3 aromatic heterocycles. The molecule has 82 heavy (non-hydrogen) atoms. The lowest BCUT2D eigenvalue weighted by atomic mass is 9.89. The summed E-state index contributed by atoms with van der Waals surface area (Å²) in [7, 11) is 8.76. The fourth-order valence-electron chi connectivity index (χ4n) is 13.5. The number of morpholine rings is 1. The van der Waals surface area contributed by atoms with Crippen molar-refractivity contribution >= 4 is 57.5 Å². The summed E-state index contributed by atoms with van der Waals surface area (Å²) in [5.41, 5.74) is 3.12. The quantitative estimate of drug-likeness (QED) is 0.0895. The van der Waals surface area contributed by atoms with Crippen LogP contribution in [0, 0.1) is 24.0 Å². The Hall–Kier alpha value is -6.73. The first-order valence-electron chi connectivity index (χ1n) is 28.9. The van der Waals surface area contributed by atoms with E-state index >= 15 is 4.39 Å². The molecule has 6 aromatic rings. The van der Waals surface area contributed by atoms with Gasteiger partial charge in [0.25, 0.3) is 0 Å². The Balaban J connectivity index is 0.000000162. The highest BCUT2D eigenvalue weighted by molar-refractivity contribution is 6.02. The van der Waals surface area contributed by atoms with E-state index in [1.807, 2.05) is 26.0 Å². The van der Waals surface area contributed by atoms with E-state index < -0.39 is 17.7 Å². The highest BCUT2D eigenvalue weighted by Crippen LogP contribution is 2.38. The molecule has 5 atom stereocenters. The van der Waals surface area contributed by atoms with Gasteiger partial charge in [0.15, 0.2) is 5.82 Å². The van der Waals surface area contributed by atoms with Crippen LogP contribution in [0.1, 0.15) is 87.8 Å². The van der Waals surface area contributed by atoms with Crippen LogP contribution in [0.5, 0.6) is 6.01 Å². The Morgan fingerprint density at radius 1 is 1.00 bits per heavy atom. The number of anilines is 1. The summed E-state index contributed by atoms with van der Waals surface area (Å²) in [6.07, 6.45) is 20.3. The molecule has 6 aliphatic rings. The lowest BCUT2D eigenvalue weighted by molar-refractivity contribution is -0.133. The van der Waals surface area contributed by atoms with E-state index in [2.05, 4.69) is 64.2 Å². The van der Waals surface area contributed by atoms with Crippen molar-refractivity contribution in [2.45, 2.75) is 113 Å². The van der Waals surface area contributed by atoms with E-state index in [-0.39, 0.29) is 46.4 Å². The van der Waals surface area contributed by atoms with E-state index in [0.29, 0.717) is 46.0 Å². The number of ether oxygens (including phenoxy) is 3. The van der Waals surface area contributed by atoms with Gasteiger partial charge < -0.3 is 44.2 Å². The molecule has 20 heteroatoms. The summed E-state index contributed by atoms with van der Waals surface area (Å²) in [6, 6.07) is 15.9. The van der Waals surface area contributed by atoms with Crippen molar-refractivity contribution in [1.29, 1.82) is 0 Å². The number of terminal acetylenes is 1. The maximum Gasteiger partial charge on any atom is 0.329 e. The number of piperazine rings is 1. The topological polar surface area (TPSA) is 182 Å². The number of hydrogen-bond donors (Lipinski definition) is 2. The third-order valence-electron chi connectivity index (χ3n) is 17.6. The zero-order valence-corrected chi connectivity index (χ0v) is 48.1. The second kappa shape index (κ2) is 27.1. The van der Waals surface area contributed by atoms with Gasteiger partial charge in [0.2, 0.25) is 5.91 Å². The number of imidazole rings is 1. The van der Waals surface area contributed by atoms with Gasteiger partial charge in [-0.2, -0.15) is 9.97 Å². The highest BCUT2D eigenvalue weighted by Gasteiger charge is 2.40. The smallest absolute Gasteiger partial charge is 0.329 e. The number of aldehydes is 1. The summed E-state index contributed by atoms with van der Waals surface area (Å²) in [5.74, 6) is 1.58. The number of fused-ring (bicyclic) bond motifs is 6. The number of para-hydroxylation sites is 1. The number of hydrogen-bond acceptors (Lipinski definition) is 15. The van der Waals surface area contributed by atoms with Crippen molar-refractivity contribution in [2.24, 2.45) is 7.05 Å². The van der Waals surface area contributed by atoms with Gasteiger partial charge in [0, 0.05) is 108 Å². The average Bonchev–Trinajstić information content (AvgIpc) is 3.95. The second-order valence-corrected chi connectivity index (χ2v) is 22.5. The van der Waals surface area contributed by atoms with Crippen LogP contribution in [-0.4, -0.2) is 181 Å². The molecule has 0 radical (unpaired) electrons. The lowest BCUT2D eigenvalue weighted by Gasteiger charge is -2.46. The molecule has 0 aliphatic carbocycles.